The van der Waals surface area contributed by atoms with E-state index in [1.807, 2.05) is 0 Å². The van der Waals surface area contributed by atoms with Crippen molar-refractivity contribution in [3.05, 3.63) is 27.9 Å². The van der Waals surface area contributed by atoms with Gasteiger partial charge in [0.2, 0.25) is 0 Å². The van der Waals surface area contributed by atoms with Gasteiger partial charge in [0.05, 0.1) is 23.6 Å². The van der Waals surface area contributed by atoms with Crippen LogP contribution in [-0.4, -0.2) is 23.3 Å². The molecule has 0 saturated heterocycles. The molecule has 0 aliphatic carbocycles. The highest BCUT2D eigenvalue weighted by Gasteiger charge is 2.16. The molecule has 1 N–H and O–H groups in total. The van der Waals surface area contributed by atoms with E-state index in [2.05, 4.69) is 14.9 Å². The summed E-state index contributed by atoms with van der Waals surface area (Å²) < 4.78 is 4.63. The van der Waals surface area contributed by atoms with Crippen LogP contribution in [0.2, 0.25) is 10.2 Å². The highest BCUT2D eigenvalue weighted by molar-refractivity contribution is 6.37. The van der Waals surface area contributed by atoms with Gasteiger partial charge >= 0.3 is 5.97 Å². The largest absolute Gasteiger partial charge is 0.465 e. The molecule has 0 aliphatic heterocycles. The van der Waals surface area contributed by atoms with Gasteiger partial charge in [-0.25, -0.2) is 4.79 Å². The van der Waals surface area contributed by atoms with Gasteiger partial charge in [-0.1, -0.05) is 23.2 Å². The zero-order chi connectivity index (χ0) is 11.0. The lowest BCUT2D eigenvalue weighted by Gasteiger charge is -2.01. The normalized spacial score (nSPS) is 10.6. The molecule has 0 bridgehead atoms. The molecule has 0 spiro atoms. The van der Waals surface area contributed by atoms with Gasteiger partial charge < -0.3 is 4.74 Å². The second-order valence-electron chi connectivity index (χ2n) is 2.88. The number of nitrogens with one attached hydrogen (secondary N) is 1. The molecule has 0 fully saturated rings. The Morgan fingerprint density at radius 1 is 1.47 bits per heavy atom. The van der Waals surface area contributed by atoms with Crippen LogP contribution in [0, 0.1) is 0 Å². The first-order valence-electron chi connectivity index (χ1n) is 4.05. The van der Waals surface area contributed by atoms with Crippen LogP contribution in [0.25, 0.3) is 10.9 Å². The average molecular weight is 245 g/mol. The molecule has 0 aliphatic rings. The molecular formula is C9H6Cl2N2O2. The minimum atomic E-state index is -0.495. The third kappa shape index (κ3) is 1.66. The fourth-order valence-electron chi connectivity index (χ4n) is 1.35. The second-order valence-corrected chi connectivity index (χ2v) is 3.69. The van der Waals surface area contributed by atoms with E-state index in [1.54, 1.807) is 6.07 Å². The molecule has 4 nitrogen and oxygen atoms in total. The molecule has 0 saturated carbocycles. The van der Waals surface area contributed by atoms with Crippen molar-refractivity contribution in [2.75, 3.05) is 7.11 Å². The summed E-state index contributed by atoms with van der Waals surface area (Å²) in [7, 11) is 1.29. The molecule has 78 valence electrons. The van der Waals surface area contributed by atoms with Gasteiger partial charge in [0.1, 0.15) is 5.15 Å². The van der Waals surface area contributed by atoms with Gasteiger partial charge in [0.15, 0.2) is 0 Å². The van der Waals surface area contributed by atoms with Crippen molar-refractivity contribution >= 4 is 40.1 Å². The number of ether oxygens (including phenoxy) is 1. The summed E-state index contributed by atoms with van der Waals surface area (Å²) >= 11 is 11.7. The number of carbonyl (C=O) groups is 1. The van der Waals surface area contributed by atoms with E-state index in [-0.39, 0.29) is 0 Å². The standard InChI is InChI=1S/C9H6Cl2N2O2/c1-15-9(14)5-2-4(10)3-6-7(5)8(11)13-12-6/h2-3H,1H3,(H,12,13). The van der Waals surface area contributed by atoms with Crippen molar-refractivity contribution in [3.8, 4) is 0 Å². The lowest BCUT2D eigenvalue weighted by molar-refractivity contribution is 0.0603. The number of fused-ring (bicyclic) bond motifs is 1. The van der Waals surface area contributed by atoms with Crippen LogP contribution in [-0.2, 0) is 4.74 Å². The second kappa shape index (κ2) is 3.72. The van der Waals surface area contributed by atoms with E-state index in [4.69, 9.17) is 23.2 Å². The molecule has 2 aromatic rings. The molecule has 6 heteroatoms. The Kier molecular flexibility index (Phi) is 2.54. The summed E-state index contributed by atoms with van der Waals surface area (Å²) in [5.74, 6) is -0.495. The lowest BCUT2D eigenvalue weighted by Crippen LogP contribution is -2.01. The third-order valence-electron chi connectivity index (χ3n) is 1.98. The van der Waals surface area contributed by atoms with Crippen molar-refractivity contribution in [1.29, 1.82) is 0 Å². The summed E-state index contributed by atoms with van der Waals surface area (Å²) in [4.78, 5) is 11.4. The van der Waals surface area contributed by atoms with E-state index in [0.717, 1.165) is 0 Å². The molecule has 0 amide bonds. The first kappa shape index (κ1) is 10.3. The van der Waals surface area contributed by atoms with Crippen LogP contribution in [0.1, 0.15) is 10.4 Å². The van der Waals surface area contributed by atoms with Crippen LogP contribution < -0.4 is 0 Å². The molecule has 1 aromatic heterocycles. The van der Waals surface area contributed by atoms with E-state index in [1.165, 1.54) is 13.2 Å². The number of esters is 1. The van der Waals surface area contributed by atoms with E-state index in [0.29, 0.717) is 26.6 Å². The third-order valence-corrected chi connectivity index (χ3v) is 2.47. The van der Waals surface area contributed by atoms with Gasteiger partial charge in [0.25, 0.3) is 0 Å². The monoisotopic (exact) mass is 244 g/mol. The smallest absolute Gasteiger partial charge is 0.338 e. The quantitative estimate of drug-likeness (QED) is 0.785. The van der Waals surface area contributed by atoms with Crippen molar-refractivity contribution in [3.63, 3.8) is 0 Å². The zero-order valence-electron chi connectivity index (χ0n) is 7.67. The van der Waals surface area contributed by atoms with Crippen LogP contribution in [0.4, 0.5) is 0 Å². The Morgan fingerprint density at radius 2 is 2.20 bits per heavy atom. The van der Waals surface area contributed by atoms with Crippen LogP contribution in [0.5, 0.6) is 0 Å². The molecule has 2 rings (SSSR count). The summed E-state index contributed by atoms with van der Waals surface area (Å²) in [5, 5.41) is 7.70. The first-order chi connectivity index (χ1) is 7.13. The minimum Gasteiger partial charge on any atom is -0.465 e. The predicted octanol–water partition coefficient (Wildman–Crippen LogP) is 2.66. The van der Waals surface area contributed by atoms with Crippen LogP contribution in [0.3, 0.4) is 0 Å². The summed E-state index contributed by atoms with van der Waals surface area (Å²) in [6.45, 7) is 0. The number of nitrogens with zero attached hydrogens (tertiary/aromatic N) is 1. The van der Waals surface area contributed by atoms with E-state index in [9.17, 15) is 4.79 Å². The summed E-state index contributed by atoms with van der Waals surface area (Å²) in [5.41, 5.74) is 0.839. The Bertz CT molecular complexity index is 536. The number of hydrogen-bond donors (Lipinski definition) is 1. The van der Waals surface area contributed by atoms with Gasteiger partial charge in [-0.2, -0.15) is 5.10 Å². The number of benzene rings is 1. The van der Waals surface area contributed by atoms with Gasteiger partial charge in [0, 0.05) is 5.02 Å². The van der Waals surface area contributed by atoms with Crippen molar-refractivity contribution in [2.24, 2.45) is 0 Å². The molecule has 0 unspecified atom stereocenters. The maximum Gasteiger partial charge on any atom is 0.338 e. The molecular weight excluding hydrogens is 239 g/mol. The Hall–Kier alpha value is -1.26. The van der Waals surface area contributed by atoms with Crippen molar-refractivity contribution in [1.82, 2.24) is 10.2 Å². The number of rotatable bonds is 1. The van der Waals surface area contributed by atoms with Crippen LogP contribution >= 0.6 is 23.2 Å². The fourth-order valence-corrected chi connectivity index (χ4v) is 1.80. The predicted molar refractivity (Wildman–Crippen MR) is 57.5 cm³/mol. The lowest BCUT2D eigenvalue weighted by atomic mass is 10.1. The highest BCUT2D eigenvalue weighted by atomic mass is 35.5. The first-order valence-corrected chi connectivity index (χ1v) is 4.80. The maximum atomic E-state index is 11.4. The Labute approximate surface area is 95.1 Å². The zero-order valence-corrected chi connectivity index (χ0v) is 9.19. The Balaban J connectivity index is 2.80. The summed E-state index contributed by atoms with van der Waals surface area (Å²) in [6, 6.07) is 3.11. The SMILES string of the molecule is COC(=O)c1cc(Cl)cc2n[nH]c(Cl)c12. The number of carbonyl (C=O) groups excluding carboxylic acids is 1. The van der Waals surface area contributed by atoms with E-state index >= 15 is 0 Å². The van der Waals surface area contributed by atoms with Gasteiger partial charge in [-0.05, 0) is 12.1 Å². The maximum absolute atomic E-state index is 11.4. The minimum absolute atomic E-state index is 0.294. The molecule has 15 heavy (non-hydrogen) atoms. The number of aromatic nitrogens is 2. The fraction of sp³-hybridized carbons (Fsp3) is 0.111. The van der Waals surface area contributed by atoms with Crippen molar-refractivity contribution < 1.29 is 9.53 Å². The molecule has 0 atom stereocenters. The molecule has 1 heterocycles. The number of aromatic amines is 1. The van der Waals surface area contributed by atoms with Gasteiger partial charge in [-0.15, -0.1) is 0 Å². The Morgan fingerprint density at radius 3 is 2.87 bits per heavy atom. The average Bonchev–Trinajstić information content (AvgIpc) is 2.58. The summed E-state index contributed by atoms with van der Waals surface area (Å²) in [6.07, 6.45) is 0. The topological polar surface area (TPSA) is 55.0 Å². The number of hydrogen-bond acceptors (Lipinski definition) is 3. The molecule has 0 radical (unpaired) electrons. The van der Waals surface area contributed by atoms with E-state index < -0.39 is 5.97 Å². The van der Waals surface area contributed by atoms with Gasteiger partial charge in [-0.3, -0.25) is 5.10 Å². The number of H-pyrrole nitrogens is 1. The van der Waals surface area contributed by atoms with Crippen LogP contribution in [0.15, 0.2) is 12.1 Å². The molecule has 1 aromatic carbocycles. The highest BCUT2D eigenvalue weighted by Crippen LogP contribution is 2.28. The number of halogens is 2. The van der Waals surface area contributed by atoms with Crippen molar-refractivity contribution in [2.45, 2.75) is 0 Å². The number of methoxy groups -OCH3 is 1.